The molecule has 0 fully saturated rings. The minimum absolute atomic E-state index is 0.124. The Morgan fingerprint density at radius 3 is 2.67 bits per heavy atom. The van der Waals surface area contributed by atoms with Crippen LogP contribution in [0.4, 0.5) is 0 Å². The molecule has 9 nitrogen and oxygen atoms in total. The van der Waals surface area contributed by atoms with E-state index >= 15 is 0 Å². The van der Waals surface area contributed by atoms with Gasteiger partial charge in [-0.2, -0.15) is 4.31 Å². The number of carboxylic acid groups (broad SMARTS) is 1. The molecule has 0 spiro atoms. The lowest BCUT2D eigenvalue weighted by Crippen LogP contribution is -2.30. The highest BCUT2D eigenvalue weighted by Gasteiger charge is 2.33. The van der Waals surface area contributed by atoms with Crippen molar-refractivity contribution < 1.29 is 23.7 Å². The molecule has 3 N–H and O–H groups in total. The van der Waals surface area contributed by atoms with Crippen molar-refractivity contribution in [3.63, 3.8) is 0 Å². The minimum atomic E-state index is -3.20. The maximum atomic E-state index is 12.0. The van der Waals surface area contributed by atoms with Crippen LogP contribution in [0, 0.1) is 12.8 Å². The summed E-state index contributed by atoms with van der Waals surface area (Å²) in [4.78, 5) is 12.6. The van der Waals surface area contributed by atoms with E-state index in [1.54, 1.807) is 29.2 Å². The summed E-state index contributed by atoms with van der Waals surface area (Å²) < 4.78 is 31.9. The first kappa shape index (κ1) is 27.1. The van der Waals surface area contributed by atoms with Crippen molar-refractivity contribution >= 4 is 27.8 Å². The molecule has 0 aliphatic carbocycles. The molecule has 3 aromatic carbocycles. The number of nitrogens with zero attached hydrogens (tertiary/aromatic N) is 4. The first-order valence-electron chi connectivity index (χ1n) is 12.9. The molecule has 0 radical (unpaired) electrons. The van der Waals surface area contributed by atoms with Crippen LogP contribution in [-0.2, 0) is 24.8 Å². The third-order valence-electron chi connectivity index (χ3n) is 7.52. The van der Waals surface area contributed by atoms with Crippen LogP contribution in [-0.4, -0.2) is 53.1 Å². The number of aliphatic carboxylic acids is 1. The van der Waals surface area contributed by atoms with E-state index in [1.807, 2.05) is 55.5 Å². The fourth-order valence-electron chi connectivity index (χ4n) is 5.53. The van der Waals surface area contributed by atoms with Crippen molar-refractivity contribution in [3.05, 3.63) is 82.4 Å². The number of methoxy groups -OCH3 is 1. The van der Waals surface area contributed by atoms with Crippen molar-refractivity contribution in [3.8, 4) is 5.75 Å². The molecule has 0 saturated carbocycles. The Labute approximate surface area is 229 Å². The van der Waals surface area contributed by atoms with E-state index in [1.165, 1.54) is 0 Å². The molecule has 4 aromatic rings. The van der Waals surface area contributed by atoms with Gasteiger partial charge in [-0.15, -0.1) is 15.9 Å². The summed E-state index contributed by atoms with van der Waals surface area (Å²) in [6, 6.07) is 17.2. The van der Waals surface area contributed by atoms with Crippen LogP contribution in [0.5, 0.6) is 5.75 Å². The second-order valence-electron chi connectivity index (χ2n) is 10.4. The fourth-order valence-corrected chi connectivity index (χ4v) is 7.35. The standard InChI is InChI=1S/C29H34N4O5S/c1-18-11-21-7-5-6-8-27(21)39(36,37)33(16-18)17-23-12-20(10-9-19(23)2)24(15-28(34)35)22-13-25-29(26(14-22)38-4)32(3)31-30-25/h5-10,12-14,18,24,36-37H,11,15-17H2,1-4H3,(H,34,35)/t18-,24-/m0/s1. The second-order valence-corrected chi connectivity index (χ2v) is 12.4. The van der Waals surface area contributed by atoms with E-state index in [0.29, 0.717) is 29.3 Å². The van der Waals surface area contributed by atoms with E-state index < -0.39 is 22.7 Å². The molecule has 1 aliphatic rings. The van der Waals surface area contributed by atoms with E-state index in [4.69, 9.17) is 4.74 Å². The zero-order valence-electron chi connectivity index (χ0n) is 22.5. The van der Waals surface area contributed by atoms with Gasteiger partial charge in [0.1, 0.15) is 16.8 Å². The van der Waals surface area contributed by atoms with Gasteiger partial charge in [-0.1, -0.05) is 48.5 Å². The fraction of sp³-hybridized carbons (Fsp3) is 0.345. The minimum Gasteiger partial charge on any atom is -0.494 e. The van der Waals surface area contributed by atoms with Gasteiger partial charge in [0.25, 0.3) is 0 Å². The number of aryl methyl sites for hydroxylation is 2. The number of hydrogen-bond donors (Lipinski definition) is 3. The summed E-state index contributed by atoms with van der Waals surface area (Å²) in [5.41, 5.74) is 5.83. The largest absolute Gasteiger partial charge is 0.494 e. The lowest BCUT2D eigenvalue weighted by atomic mass is 9.86. The van der Waals surface area contributed by atoms with Crippen LogP contribution in [0.1, 0.15) is 47.1 Å². The van der Waals surface area contributed by atoms with Crippen molar-refractivity contribution in [2.24, 2.45) is 13.0 Å². The van der Waals surface area contributed by atoms with Crippen molar-refractivity contribution in [1.29, 1.82) is 0 Å². The highest BCUT2D eigenvalue weighted by atomic mass is 32.3. The Kier molecular flexibility index (Phi) is 7.39. The predicted molar refractivity (Wildman–Crippen MR) is 151 cm³/mol. The van der Waals surface area contributed by atoms with Crippen molar-refractivity contribution in [2.75, 3.05) is 13.7 Å². The number of carbonyl (C=O) groups is 1. The number of hydrogen-bond acceptors (Lipinski definition) is 7. The number of rotatable bonds is 7. The van der Waals surface area contributed by atoms with Gasteiger partial charge in [0.05, 0.1) is 18.4 Å². The third kappa shape index (κ3) is 5.25. The molecule has 0 bridgehead atoms. The summed E-state index contributed by atoms with van der Waals surface area (Å²) in [6.07, 6.45) is 0.648. The molecule has 1 aliphatic heterocycles. The first-order chi connectivity index (χ1) is 18.6. The summed E-state index contributed by atoms with van der Waals surface area (Å²) in [6.45, 7) is 4.96. The highest BCUT2D eigenvalue weighted by Crippen LogP contribution is 2.56. The molecule has 1 aromatic heterocycles. The summed E-state index contributed by atoms with van der Waals surface area (Å²) >= 11 is 0. The van der Waals surface area contributed by atoms with Crippen LogP contribution < -0.4 is 4.74 Å². The molecular formula is C29H34N4O5S. The maximum Gasteiger partial charge on any atom is 0.304 e. The molecule has 5 rings (SSSR count). The lowest BCUT2D eigenvalue weighted by Gasteiger charge is -2.43. The number of aromatic nitrogens is 3. The summed E-state index contributed by atoms with van der Waals surface area (Å²) in [7, 11) is 0.155. The molecular weight excluding hydrogens is 516 g/mol. The SMILES string of the molecule is COc1cc([C@@H](CC(=O)O)c2ccc(C)c(CN3C[C@@H](C)Cc4ccccc4S3(O)O)c2)cc2nnn(C)c12. The van der Waals surface area contributed by atoms with Crippen molar-refractivity contribution in [1.82, 2.24) is 19.3 Å². The maximum absolute atomic E-state index is 12.0. The zero-order chi connectivity index (χ0) is 27.9. The van der Waals surface area contributed by atoms with Gasteiger partial charge in [0, 0.05) is 26.1 Å². The summed E-state index contributed by atoms with van der Waals surface area (Å²) in [5, 5.41) is 18.1. The quantitative estimate of drug-likeness (QED) is 0.272. The highest BCUT2D eigenvalue weighted by molar-refractivity contribution is 8.22. The van der Waals surface area contributed by atoms with Gasteiger partial charge in [-0.25, -0.2) is 4.68 Å². The van der Waals surface area contributed by atoms with Gasteiger partial charge in [0.15, 0.2) is 0 Å². The molecule has 39 heavy (non-hydrogen) atoms. The zero-order valence-corrected chi connectivity index (χ0v) is 23.4. The molecule has 2 heterocycles. The van der Waals surface area contributed by atoms with Crippen LogP contribution in [0.3, 0.4) is 0 Å². The monoisotopic (exact) mass is 550 g/mol. The average molecular weight is 551 g/mol. The number of carboxylic acids is 1. The van der Waals surface area contributed by atoms with Crippen LogP contribution in [0.15, 0.2) is 59.5 Å². The Morgan fingerprint density at radius 2 is 1.92 bits per heavy atom. The van der Waals surface area contributed by atoms with Crippen LogP contribution >= 0.6 is 10.8 Å². The molecule has 0 saturated heterocycles. The molecule has 2 atom stereocenters. The van der Waals surface area contributed by atoms with E-state index in [0.717, 1.165) is 39.8 Å². The molecule has 10 heteroatoms. The Morgan fingerprint density at radius 1 is 1.15 bits per heavy atom. The van der Waals surface area contributed by atoms with E-state index in [-0.39, 0.29) is 12.3 Å². The Hall–Kier alpha value is -3.44. The number of ether oxygens (including phenoxy) is 1. The smallest absolute Gasteiger partial charge is 0.304 e. The second kappa shape index (κ2) is 10.6. The van der Waals surface area contributed by atoms with E-state index in [9.17, 15) is 19.0 Å². The molecule has 206 valence electrons. The van der Waals surface area contributed by atoms with Gasteiger partial charge in [-0.3, -0.25) is 13.9 Å². The van der Waals surface area contributed by atoms with E-state index in [2.05, 4.69) is 17.2 Å². The number of fused-ring (bicyclic) bond motifs is 2. The topological polar surface area (TPSA) is 121 Å². The Balaban J connectivity index is 1.55. The average Bonchev–Trinajstić information content (AvgIpc) is 3.24. The van der Waals surface area contributed by atoms with Crippen LogP contribution in [0.2, 0.25) is 0 Å². The van der Waals surface area contributed by atoms with Crippen LogP contribution in [0.25, 0.3) is 11.0 Å². The number of benzene rings is 3. The molecule has 0 amide bonds. The van der Waals surface area contributed by atoms with Crippen molar-refractivity contribution in [2.45, 2.75) is 44.0 Å². The van der Waals surface area contributed by atoms with Gasteiger partial charge >= 0.3 is 5.97 Å². The first-order valence-corrected chi connectivity index (χ1v) is 14.4. The van der Waals surface area contributed by atoms with Gasteiger partial charge in [-0.05, 0) is 65.3 Å². The lowest BCUT2D eigenvalue weighted by molar-refractivity contribution is -0.137. The normalized spacial score (nSPS) is 18.8. The van der Waals surface area contributed by atoms with Gasteiger partial charge in [0.2, 0.25) is 0 Å². The summed E-state index contributed by atoms with van der Waals surface area (Å²) in [5.74, 6) is -0.586. The van der Waals surface area contributed by atoms with Gasteiger partial charge < -0.3 is 9.84 Å². The Bertz CT molecular complexity index is 1540. The third-order valence-corrected chi connectivity index (χ3v) is 9.51. The molecule has 0 unspecified atom stereocenters. The predicted octanol–water partition coefficient (Wildman–Crippen LogP) is 5.61.